The van der Waals surface area contributed by atoms with Crippen LogP contribution >= 0.6 is 11.8 Å². The fraction of sp³-hybridized carbons (Fsp3) is 0.727. The summed E-state index contributed by atoms with van der Waals surface area (Å²) in [6, 6.07) is 0. The fourth-order valence-corrected chi connectivity index (χ4v) is 2.93. The van der Waals surface area contributed by atoms with E-state index in [1.807, 2.05) is 13.8 Å². The van der Waals surface area contributed by atoms with Crippen molar-refractivity contribution < 1.29 is 22.7 Å². The number of nitrogens with zero attached hydrogens (tertiary/aromatic N) is 4. The lowest BCUT2D eigenvalue weighted by molar-refractivity contribution is -0.146. The lowest BCUT2D eigenvalue weighted by atomic mass is 10.2. The maximum atomic E-state index is 12.5. The van der Waals surface area contributed by atoms with E-state index in [9.17, 15) is 18.0 Å². The molecule has 2 rings (SSSR count). The average Bonchev–Trinajstić information content (AvgIpc) is 2.76. The van der Waals surface area contributed by atoms with Gasteiger partial charge in [-0.25, -0.2) is 4.68 Å². The quantitative estimate of drug-likeness (QED) is 0.646. The first kappa shape index (κ1) is 16.9. The molecule has 0 bridgehead atoms. The van der Waals surface area contributed by atoms with Crippen LogP contribution in [0.3, 0.4) is 0 Å². The predicted molar refractivity (Wildman–Crippen MR) is 72.5 cm³/mol. The zero-order chi connectivity index (χ0) is 16.5. The van der Waals surface area contributed by atoms with Crippen molar-refractivity contribution in [3.8, 4) is 0 Å². The Balaban J connectivity index is 1.96. The first-order chi connectivity index (χ1) is 10.2. The summed E-state index contributed by atoms with van der Waals surface area (Å²) in [5, 5.41) is 6.21. The maximum absolute atomic E-state index is 12.5. The Hall–Kier alpha value is -1.49. The smallest absolute Gasteiger partial charge is 0.372 e. The molecule has 11 heteroatoms. The molecule has 1 aromatic heterocycles. The van der Waals surface area contributed by atoms with Crippen molar-refractivity contribution in [3.63, 3.8) is 0 Å². The van der Waals surface area contributed by atoms with Crippen LogP contribution in [0.15, 0.2) is 5.16 Å². The molecule has 7 nitrogen and oxygen atoms in total. The van der Waals surface area contributed by atoms with Crippen LogP contribution in [0.5, 0.6) is 0 Å². The van der Waals surface area contributed by atoms with Gasteiger partial charge in [0.15, 0.2) is 0 Å². The van der Waals surface area contributed by atoms with Crippen LogP contribution in [-0.2, 0) is 15.7 Å². The minimum atomic E-state index is -4.68. The number of carbonyl (C=O) groups is 1. The topological polar surface area (TPSA) is 86.3 Å². The number of morpholine rings is 1. The number of ether oxygens (including phenoxy) is 1. The monoisotopic (exact) mass is 339 g/mol. The molecular weight excluding hydrogens is 323 g/mol. The number of nitrogens with two attached hydrogens (primary N) is 1. The number of hydrogen-bond acceptors (Lipinski definition) is 6. The van der Waals surface area contributed by atoms with Crippen LogP contribution < -0.4 is 5.84 Å². The number of nitrogen functional groups attached to an aromatic ring is 1. The van der Waals surface area contributed by atoms with Crippen molar-refractivity contribution in [2.75, 3.05) is 24.7 Å². The van der Waals surface area contributed by atoms with E-state index in [4.69, 9.17) is 10.6 Å². The van der Waals surface area contributed by atoms with Crippen molar-refractivity contribution in [3.05, 3.63) is 5.82 Å². The largest absolute Gasteiger partial charge is 0.453 e. The summed E-state index contributed by atoms with van der Waals surface area (Å²) in [6.07, 6.45) is -4.83. The Morgan fingerprint density at radius 3 is 2.45 bits per heavy atom. The van der Waals surface area contributed by atoms with Crippen LogP contribution in [0, 0.1) is 0 Å². The number of carbonyl (C=O) groups excluding carboxylic acids is 1. The molecule has 1 fully saturated rings. The molecule has 2 N–H and O–H groups in total. The third-order valence-corrected chi connectivity index (χ3v) is 3.94. The number of halogens is 3. The van der Waals surface area contributed by atoms with Gasteiger partial charge in [-0.15, -0.1) is 10.2 Å². The second kappa shape index (κ2) is 6.32. The number of alkyl halides is 3. The molecule has 2 atom stereocenters. The van der Waals surface area contributed by atoms with Gasteiger partial charge in [0, 0.05) is 13.1 Å². The third-order valence-electron chi connectivity index (χ3n) is 3.02. The number of rotatable bonds is 3. The van der Waals surface area contributed by atoms with Crippen LogP contribution in [0.4, 0.5) is 13.2 Å². The molecule has 1 aliphatic rings. The third kappa shape index (κ3) is 3.83. The maximum Gasteiger partial charge on any atom is 0.453 e. The molecule has 2 unspecified atom stereocenters. The zero-order valence-electron chi connectivity index (χ0n) is 12.0. The van der Waals surface area contributed by atoms with Crippen LogP contribution in [-0.4, -0.2) is 56.7 Å². The van der Waals surface area contributed by atoms with Gasteiger partial charge in [-0.1, -0.05) is 11.8 Å². The minimum Gasteiger partial charge on any atom is -0.372 e. The molecule has 0 aromatic carbocycles. The molecule has 124 valence electrons. The van der Waals surface area contributed by atoms with Crippen LogP contribution in [0.25, 0.3) is 0 Å². The van der Waals surface area contributed by atoms with Gasteiger partial charge in [-0.05, 0) is 13.8 Å². The summed E-state index contributed by atoms with van der Waals surface area (Å²) < 4.78 is 43.5. The first-order valence-corrected chi connectivity index (χ1v) is 7.50. The zero-order valence-corrected chi connectivity index (χ0v) is 12.8. The fourth-order valence-electron chi connectivity index (χ4n) is 2.17. The van der Waals surface area contributed by atoms with Gasteiger partial charge in [0.1, 0.15) is 0 Å². The first-order valence-electron chi connectivity index (χ1n) is 6.52. The van der Waals surface area contributed by atoms with E-state index >= 15 is 0 Å². The summed E-state index contributed by atoms with van der Waals surface area (Å²) in [6.45, 7) is 4.62. The van der Waals surface area contributed by atoms with Gasteiger partial charge < -0.3 is 15.5 Å². The van der Waals surface area contributed by atoms with E-state index in [-0.39, 0.29) is 29.0 Å². The minimum absolute atomic E-state index is 0.0629. The molecule has 22 heavy (non-hydrogen) atoms. The van der Waals surface area contributed by atoms with Gasteiger partial charge in [0.25, 0.3) is 5.82 Å². The molecular formula is C11H16F3N5O2S. The molecule has 1 saturated heterocycles. The van der Waals surface area contributed by atoms with Gasteiger partial charge in [0.2, 0.25) is 11.1 Å². The van der Waals surface area contributed by atoms with Gasteiger partial charge in [-0.2, -0.15) is 13.2 Å². The van der Waals surface area contributed by atoms with Crippen LogP contribution in [0.2, 0.25) is 0 Å². The second-order valence-electron chi connectivity index (χ2n) is 5.02. The van der Waals surface area contributed by atoms with E-state index in [1.165, 1.54) is 0 Å². The lowest BCUT2D eigenvalue weighted by Crippen LogP contribution is -2.48. The SMILES string of the molecule is CC1CN(C(=O)CSc2nnc(C(F)(F)F)n2N)CC(C)O1. The number of thioether (sulfide) groups is 1. The van der Waals surface area contributed by atoms with Crippen molar-refractivity contribution >= 4 is 17.7 Å². The standard InChI is InChI=1S/C11H16F3N5O2S/c1-6-3-18(4-7(2)21-6)8(20)5-22-10-17-16-9(19(10)15)11(12,13)14/h6-7H,3-5,15H2,1-2H3. The molecule has 2 heterocycles. The highest BCUT2D eigenvalue weighted by Gasteiger charge is 2.38. The second-order valence-corrected chi connectivity index (χ2v) is 5.96. The van der Waals surface area contributed by atoms with E-state index in [0.717, 1.165) is 11.8 Å². The Morgan fingerprint density at radius 2 is 1.95 bits per heavy atom. The lowest BCUT2D eigenvalue weighted by Gasteiger charge is -2.35. The van der Waals surface area contributed by atoms with Crippen molar-refractivity contribution in [1.82, 2.24) is 19.8 Å². The van der Waals surface area contributed by atoms with Crippen LogP contribution in [0.1, 0.15) is 19.7 Å². The summed E-state index contributed by atoms with van der Waals surface area (Å²) in [7, 11) is 0. The number of hydrogen-bond donors (Lipinski definition) is 1. The summed E-state index contributed by atoms with van der Waals surface area (Å²) in [5.74, 6) is 3.74. The summed E-state index contributed by atoms with van der Waals surface area (Å²) in [4.78, 5) is 13.7. The van der Waals surface area contributed by atoms with Gasteiger partial charge in [0.05, 0.1) is 18.0 Å². The van der Waals surface area contributed by atoms with Crippen molar-refractivity contribution in [2.45, 2.75) is 37.4 Å². The number of amides is 1. The molecule has 0 spiro atoms. The molecule has 0 saturated carbocycles. The summed E-state index contributed by atoms with van der Waals surface area (Å²) in [5.41, 5.74) is 0. The molecule has 1 amide bonds. The van der Waals surface area contributed by atoms with Crippen molar-refractivity contribution in [2.24, 2.45) is 0 Å². The molecule has 1 aliphatic heterocycles. The van der Waals surface area contributed by atoms with E-state index < -0.39 is 12.0 Å². The molecule has 0 radical (unpaired) electrons. The van der Waals surface area contributed by atoms with E-state index in [0.29, 0.717) is 17.8 Å². The van der Waals surface area contributed by atoms with Gasteiger partial charge in [-0.3, -0.25) is 4.79 Å². The number of aromatic nitrogens is 3. The van der Waals surface area contributed by atoms with E-state index in [1.54, 1.807) is 4.90 Å². The Morgan fingerprint density at radius 1 is 1.36 bits per heavy atom. The Kier molecular flexibility index (Phi) is 4.85. The summed E-state index contributed by atoms with van der Waals surface area (Å²) >= 11 is 0.821. The molecule has 1 aromatic rings. The van der Waals surface area contributed by atoms with Gasteiger partial charge >= 0.3 is 6.18 Å². The predicted octanol–water partition coefficient (Wildman–Crippen LogP) is 0.739. The Bertz CT molecular complexity index is 540. The molecule has 0 aliphatic carbocycles. The Labute approximate surface area is 129 Å². The highest BCUT2D eigenvalue weighted by Crippen LogP contribution is 2.29. The van der Waals surface area contributed by atoms with E-state index in [2.05, 4.69) is 10.2 Å². The highest BCUT2D eigenvalue weighted by atomic mass is 32.2. The van der Waals surface area contributed by atoms with Crippen molar-refractivity contribution in [1.29, 1.82) is 0 Å². The average molecular weight is 339 g/mol. The highest BCUT2D eigenvalue weighted by molar-refractivity contribution is 7.99. The normalized spacial score (nSPS) is 22.9.